The first-order chi connectivity index (χ1) is 17.0. The lowest BCUT2D eigenvalue weighted by molar-refractivity contribution is -0.143. The Morgan fingerprint density at radius 1 is 1.03 bits per heavy atom. The van der Waals surface area contributed by atoms with Gasteiger partial charge in [0.15, 0.2) is 0 Å². The van der Waals surface area contributed by atoms with E-state index in [9.17, 15) is 19.5 Å². The van der Waals surface area contributed by atoms with Crippen LogP contribution in [0.25, 0.3) is 11.1 Å². The zero-order valence-electron chi connectivity index (χ0n) is 20.2. The Morgan fingerprint density at radius 2 is 1.69 bits per heavy atom. The summed E-state index contributed by atoms with van der Waals surface area (Å²) >= 11 is 0. The number of carboxylic acid groups (broad SMARTS) is 1. The van der Waals surface area contributed by atoms with Crippen molar-refractivity contribution in [1.29, 1.82) is 0 Å². The molecule has 0 saturated heterocycles. The van der Waals surface area contributed by atoms with Crippen LogP contribution in [0.4, 0.5) is 4.79 Å². The van der Waals surface area contributed by atoms with Crippen molar-refractivity contribution in [3.63, 3.8) is 0 Å². The third kappa shape index (κ3) is 5.84. The number of carboxylic acids is 1. The van der Waals surface area contributed by atoms with Crippen LogP contribution in [-0.4, -0.2) is 41.8 Å². The van der Waals surface area contributed by atoms with Crippen LogP contribution in [0.2, 0.25) is 0 Å². The monoisotopic (exact) mass is 478 g/mol. The first kappa shape index (κ1) is 24.8. The highest BCUT2D eigenvalue weighted by Gasteiger charge is 2.31. The molecule has 0 heterocycles. The zero-order chi connectivity index (χ0) is 24.8. The van der Waals surface area contributed by atoms with E-state index in [-0.39, 0.29) is 24.5 Å². The standard InChI is InChI=1S/C28H34N2O5/c1-2-3-15-25(26(31)29-19-10-8-9-18(16-19)27(32)33)30-28(34)35-17-24-22-13-6-4-11-20(22)21-12-5-7-14-23(21)24/h4-7,11-14,18-19,24-25H,2-3,8-10,15-17H2,1H3,(H,29,31)(H,30,34)(H,32,33)/t18-,19+,25+/m1/s1. The molecule has 3 N–H and O–H groups in total. The van der Waals surface area contributed by atoms with Crippen LogP contribution in [0.5, 0.6) is 0 Å². The minimum atomic E-state index is -0.816. The zero-order valence-corrected chi connectivity index (χ0v) is 20.2. The number of ether oxygens (including phenoxy) is 1. The summed E-state index contributed by atoms with van der Waals surface area (Å²) in [4.78, 5) is 37.1. The van der Waals surface area contributed by atoms with Crippen LogP contribution in [0.3, 0.4) is 0 Å². The van der Waals surface area contributed by atoms with Gasteiger partial charge in [0.05, 0.1) is 5.92 Å². The topological polar surface area (TPSA) is 105 Å². The van der Waals surface area contributed by atoms with Crippen molar-refractivity contribution in [3.8, 4) is 11.1 Å². The van der Waals surface area contributed by atoms with Crippen molar-refractivity contribution in [2.24, 2.45) is 5.92 Å². The molecule has 3 atom stereocenters. The first-order valence-electron chi connectivity index (χ1n) is 12.6. The van der Waals surface area contributed by atoms with Crippen LogP contribution >= 0.6 is 0 Å². The van der Waals surface area contributed by atoms with Crippen molar-refractivity contribution in [2.45, 2.75) is 69.9 Å². The number of hydrogen-bond acceptors (Lipinski definition) is 4. The van der Waals surface area contributed by atoms with Gasteiger partial charge in [-0.3, -0.25) is 9.59 Å². The highest BCUT2D eigenvalue weighted by molar-refractivity contribution is 5.86. The molecule has 0 radical (unpaired) electrons. The average molecular weight is 479 g/mol. The molecular weight excluding hydrogens is 444 g/mol. The summed E-state index contributed by atoms with van der Waals surface area (Å²) in [5.74, 6) is -1.57. The van der Waals surface area contributed by atoms with Gasteiger partial charge in [0.25, 0.3) is 0 Å². The largest absolute Gasteiger partial charge is 0.481 e. The number of benzene rings is 2. The van der Waals surface area contributed by atoms with Gasteiger partial charge in [-0.05, 0) is 47.9 Å². The lowest BCUT2D eigenvalue weighted by atomic mass is 9.85. The van der Waals surface area contributed by atoms with Crippen LogP contribution in [0.15, 0.2) is 48.5 Å². The minimum Gasteiger partial charge on any atom is -0.481 e. The molecule has 2 aliphatic carbocycles. The summed E-state index contributed by atoms with van der Waals surface area (Å²) in [7, 11) is 0. The summed E-state index contributed by atoms with van der Waals surface area (Å²) in [6.45, 7) is 2.21. The Kier molecular flexibility index (Phi) is 8.06. The number of fused-ring (bicyclic) bond motifs is 3. The number of nitrogens with one attached hydrogen (secondary N) is 2. The highest BCUT2D eigenvalue weighted by atomic mass is 16.5. The van der Waals surface area contributed by atoms with Crippen LogP contribution in [0.1, 0.15) is 68.9 Å². The van der Waals surface area contributed by atoms with Gasteiger partial charge in [-0.2, -0.15) is 0 Å². The summed E-state index contributed by atoms with van der Waals surface area (Å²) < 4.78 is 5.63. The van der Waals surface area contributed by atoms with Crippen LogP contribution in [-0.2, 0) is 14.3 Å². The lowest BCUT2D eigenvalue weighted by Gasteiger charge is -2.29. The predicted octanol–water partition coefficient (Wildman–Crippen LogP) is 4.84. The molecule has 0 unspecified atom stereocenters. The third-order valence-electron chi connectivity index (χ3n) is 7.17. The fourth-order valence-corrected chi connectivity index (χ4v) is 5.31. The lowest BCUT2D eigenvalue weighted by Crippen LogP contribution is -2.51. The van der Waals surface area contributed by atoms with E-state index >= 15 is 0 Å². The summed E-state index contributed by atoms with van der Waals surface area (Å²) in [5.41, 5.74) is 4.58. The van der Waals surface area contributed by atoms with E-state index in [0.717, 1.165) is 47.9 Å². The number of amides is 2. The van der Waals surface area contributed by atoms with Crippen molar-refractivity contribution in [2.75, 3.05) is 6.61 Å². The Balaban J connectivity index is 1.36. The molecule has 2 aliphatic rings. The van der Waals surface area contributed by atoms with Crippen molar-refractivity contribution >= 4 is 18.0 Å². The normalized spacial score (nSPS) is 19.8. The van der Waals surface area contributed by atoms with Gasteiger partial charge in [-0.15, -0.1) is 0 Å². The van der Waals surface area contributed by atoms with Crippen molar-refractivity contribution < 1.29 is 24.2 Å². The number of unbranched alkanes of at least 4 members (excludes halogenated alkanes) is 1. The fourth-order valence-electron chi connectivity index (χ4n) is 5.31. The van der Waals surface area contributed by atoms with E-state index < -0.39 is 24.0 Å². The van der Waals surface area contributed by atoms with Gasteiger partial charge in [0.2, 0.25) is 5.91 Å². The van der Waals surface area contributed by atoms with E-state index in [0.29, 0.717) is 19.3 Å². The Bertz CT molecular complexity index is 1020. The SMILES string of the molecule is CCCC[C@H](NC(=O)OCC1c2ccccc2-c2ccccc21)C(=O)N[C@H]1CCC[C@@H](C(=O)O)C1. The number of alkyl carbamates (subject to hydrolysis) is 1. The van der Waals surface area contributed by atoms with Gasteiger partial charge in [0, 0.05) is 12.0 Å². The van der Waals surface area contributed by atoms with Gasteiger partial charge in [-0.1, -0.05) is 74.7 Å². The maximum absolute atomic E-state index is 13.0. The minimum absolute atomic E-state index is 0.0498. The molecule has 2 aromatic rings. The van der Waals surface area contributed by atoms with E-state index in [1.807, 2.05) is 31.2 Å². The number of aliphatic carboxylic acids is 1. The Labute approximate surface area is 206 Å². The number of carbonyl (C=O) groups excluding carboxylic acids is 2. The molecule has 0 aliphatic heterocycles. The Morgan fingerprint density at radius 3 is 2.31 bits per heavy atom. The van der Waals surface area contributed by atoms with E-state index in [4.69, 9.17) is 4.74 Å². The second-order valence-electron chi connectivity index (χ2n) is 9.57. The van der Waals surface area contributed by atoms with Crippen LogP contribution in [0, 0.1) is 5.92 Å². The molecule has 2 amide bonds. The number of rotatable bonds is 9. The molecule has 7 heteroatoms. The summed E-state index contributed by atoms with van der Waals surface area (Å²) in [6, 6.07) is 15.4. The fraction of sp³-hybridized carbons (Fsp3) is 0.464. The van der Waals surface area contributed by atoms with Crippen molar-refractivity contribution in [1.82, 2.24) is 10.6 Å². The number of hydrogen-bond donors (Lipinski definition) is 3. The van der Waals surface area contributed by atoms with E-state index in [1.165, 1.54) is 0 Å². The molecule has 7 nitrogen and oxygen atoms in total. The highest BCUT2D eigenvalue weighted by Crippen LogP contribution is 2.44. The Hall–Kier alpha value is -3.35. The number of carbonyl (C=O) groups is 3. The van der Waals surface area contributed by atoms with Gasteiger partial charge >= 0.3 is 12.1 Å². The predicted molar refractivity (Wildman–Crippen MR) is 133 cm³/mol. The molecule has 0 aromatic heterocycles. The maximum atomic E-state index is 13.0. The molecule has 186 valence electrons. The van der Waals surface area contributed by atoms with Crippen molar-refractivity contribution in [3.05, 3.63) is 59.7 Å². The second kappa shape index (κ2) is 11.4. The third-order valence-corrected chi connectivity index (χ3v) is 7.17. The van der Waals surface area contributed by atoms with Crippen LogP contribution < -0.4 is 10.6 Å². The molecule has 35 heavy (non-hydrogen) atoms. The molecular formula is C28H34N2O5. The van der Waals surface area contributed by atoms with E-state index in [1.54, 1.807) is 0 Å². The molecule has 4 rings (SSSR count). The molecule has 0 spiro atoms. The second-order valence-corrected chi connectivity index (χ2v) is 9.57. The molecule has 1 fully saturated rings. The molecule has 1 saturated carbocycles. The first-order valence-corrected chi connectivity index (χ1v) is 12.6. The van der Waals surface area contributed by atoms with Gasteiger partial charge in [0.1, 0.15) is 12.6 Å². The molecule has 0 bridgehead atoms. The smallest absolute Gasteiger partial charge is 0.407 e. The quantitative estimate of drug-likeness (QED) is 0.478. The van der Waals surface area contributed by atoms with E-state index in [2.05, 4.69) is 34.9 Å². The van der Waals surface area contributed by atoms with Gasteiger partial charge < -0.3 is 20.5 Å². The van der Waals surface area contributed by atoms with Gasteiger partial charge in [-0.25, -0.2) is 4.79 Å². The average Bonchev–Trinajstić information content (AvgIpc) is 3.19. The summed E-state index contributed by atoms with van der Waals surface area (Å²) in [6.07, 6.45) is 4.13. The summed E-state index contributed by atoms with van der Waals surface area (Å²) in [5, 5.41) is 15.0. The maximum Gasteiger partial charge on any atom is 0.407 e. The molecule has 2 aromatic carbocycles.